The lowest BCUT2D eigenvalue weighted by Crippen LogP contribution is -2.05. The summed E-state index contributed by atoms with van der Waals surface area (Å²) in [6.07, 6.45) is 2.54. The van der Waals surface area contributed by atoms with Crippen LogP contribution < -0.4 is 9.47 Å². The lowest BCUT2D eigenvalue weighted by atomic mass is 10.1. The van der Waals surface area contributed by atoms with E-state index in [0.29, 0.717) is 29.5 Å². The normalized spacial score (nSPS) is 10.4. The highest BCUT2D eigenvalue weighted by atomic mass is 35.5. The summed E-state index contributed by atoms with van der Waals surface area (Å²) in [6.45, 7) is 2.66. The van der Waals surface area contributed by atoms with Gasteiger partial charge in [-0.25, -0.2) is 4.79 Å². The molecule has 0 fully saturated rings. The molecule has 0 heterocycles. The molecule has 2 rings (SSSR count). The van der Waals surface area contributed by atoms with E-state index >= 15 is 0 Å². The number of halogens is 1. The predicted molar refractivity (Wildman–Crippen MR) is 99.1 cm³/mol. The van der Waals surface area contributed by atoms with Crippen molar-refractivity contribution in [1.29, 1.82) is 0 Å². The van der Waals surface area contributed by atoms with Crippen molar-refractivity contribution >= 4 is 17.6 Å². The van der Waals surface area contributed by atoms with E-state index in [9.17, 15) is 4.79 Å². The van der Waals surface area contributed by atoms with Gasteiger partial charge in [-0.15, -0.1) is 11.6 Å². The van der Waals surface area contributed by atoms with Crippen molar-refractivity contribution < 1.29 is 19.0 Å². The fourth-order valence-electron chi connectivity index (χ4n) is 2.46. The molecule has 0 aromatic heterocycles. The van der Waals surface area contributed by atoms with E-state index in [1.165, 1.54) is 7.11 Å². The molecular weight excluding hydrogens is 340 g/mol. The average molecular weight is 363 g/mol. The summed E-state index contributed by atoms with van der Waals surface area (Å²) in [5, 5.41) is 0. The zero-order valence-corrected chi connectivity index (χ0v) is 15.3. The third kappa shape index (κ3) is 5.13. The van der Waals surface area contributed by atoms with Crippen molar-refractivity contribution in [3.05, 3.63) is 53.6 Å². The molecule has 0 atom stereocenters. The third-order valence-electron chi connectivity index (χ3n) is 3.64. The van der Waals surface area contributed by atoms with Gasteiger partial charge in [-0.05, 0) is 37.1 Å². The molecule has 0 aliphatic rings. The zero-order chi connectivity index (χ0) is 18.1. The molecule has 4 nitrogen and oxygen atoms in total. The number of methoxy groups -OCH3 is 1. The summed E-state index contributed by atoms with van der Waals surface area (Å²) < 4.78 is 16.7. The Kier molecular flexibility index (Phi) is 7.61. The van der Waals surface area contributed by atoms with Crippen molar-refractivity contribution in [2.75, 3.05) is 19.6 Å². The fraction of sp³-hybridized carbons (Fsp3) is 0.350. The smallest absolute Gasteiger partial charge is 0.341 e. The number of carbonyl (C=O) groups is 1. The first-order chi connectivity index (χ1) is 12.2. The van der Waals surface area contributed by atoms with Gasteiger partial charge < -0.3 is 14.2 Å². The first kappa shape index (κ1) is 19.1. The summed E-state index contributed by atoms with van der Waals surface area (Å²) in [5.41, 5.74) is 1.38. The molecule has 0 unspecified atom stereocenters. The SMILES string of the molecule is CCCc1c(OCCCCl)cccc1Oc1ccccc1C(=O)OC. The van der Waals surface area contributed by atoms with Crippen LogP contribution in [0.3, 0.4) is 0 Å². The minimum Gasteiger partial charge on any atom is -0.493 e. The van der Waals surface area contributed by atoms with Crippen molar-refractivity contribution in [2.24, 2.45) is 0 Å². The Morgan fingerprint density at radius 2 is 1.76 bits per heavy atom. The average Bonchev–Trinajstić information content (AvgIpc) is 2.64. The molecule has 0 aliphatic heterocycles. The van der Waals surface area contributed by atoms with E-state index in [4.69, 9.17) is 25.8 Å². The third-order valence-corrected chi connectivity index (χ3v) is 3.91. The Morgan fingerprint density at radius 1 is 1.04 bits per heavy atom. The van der Waals surface area contributed by atoms with Crippen LogP contribution >= 0.6 is 11.6 Å². The minimum absolute atomic E-state index is 0.390. The Bertz CT molecular complexity index is 700. The van der Waals surface area contributed by atoms with Gasteiger partial charge in [0.2, 0.25) is 0 Å². The number of esters is 1. The van der Waals surface area contributed by atoms with E-state index in [2.05, 4.69) is 6.92 Å². The molecule has 5 heteroatoms. The molecule has 25 heavy (non-hydrogen) atoms. The van der Waals surface area contributed by atoms with Crippen molar-refractivity contribution in [3.63, 3.8) is 0 Å². The van der Waals surface area contributed by atoms with Crippen LogP contribution in [0.15, 0.2) is 42.5 Å². The van der Waals surface area contributed by atoms with Crippen molar-refractivity contribution in [3.8, 4) is 17.2 Å². The molecule has 0 amide bonds. The first-order valence-corrected chi connectivity index (χ1v) is 8.90. The number of hydrogen-bond acceptors (Lipinski definition) is 4. The maximum Gasteiger partial charge on any atom is 0.341 e. The van der Waals surface area contributed by atoms with Gasteiger partial charge in [-0.3, -0.25) is 0 Å². The Morgan fingerprint density at radius 3 is 2.48 bits per heavy atom. The first-order valence-electron chi connectivity index (χ1n) is 8.37. The van der Waals surface area contributed by atoms with Gasteiger partial charge in [0.05, 0.1) is 13.7 Å². The number of carbonyl (C=O) groups excluding carboxylic acids is 1. The second-order valence-electron chi connectivity index (χ2n) is 5.46. The summed E-state index contributed by atoms with van der Waals surface area (Å²) in [4.78, 5) is 11.9. The monoisotopic (exact) mass is 362 g/mol. The van der Waals surface area contributed by atoms with Gasteiger partial charge in [0, 0.05) is 11.4 Å². The molecule has 0 N–H and O–H groups in total. The van der Waals surface area contributed by atoms with Gasteiger partial charge in [0.15, 0.2) is 0 Å². The maximum absolute atomic E-state index is 11.9. The summed E-state index contributed by atoms with van der Waals surface area (Å²) in [5.74, 6) is 2.07. The molecule has 0 radical (unpaired) electrons. The van der Waals surface area contributed by atoms with E-state index in [1.807, 2.05) is 24.3 Å². The van der Waals surface area contributed by atoms with Crippen molar-refractivity contribution in [1.82, 2.24) is 0 Å². The Hall–Kier alpha value is -2.20. The van der Waals surface area contributed by atoms with Gasteiger partial charge in [0.1, 0.15) is 22.8 Å². The summed E-state index contributed by atoms with van der Waals surface area (Å²) >= 11 is 5.72. The van der Waals surface area contributed by atoms with Gasteiger partial charge in [-0.1, -0.05) is 31.5 Å². The molecular formula is C20H23ClO4. The topological polar surface area (TPSA) is 44.8 Å². The van der Waals surface area contributed by atoms with E-state index < -0.39 is 5.97 Å². The van der Waals surface area contributed by atoms with Crippen molar-refractivity contribution in [2.45, 2.75) is 26.2 Å². The van der Waals surface area contributed by atoms with Crippen LogP contribution in [0.1, 0.15) is 35.7 Å². The number of alkyl halides is 1. The van der Waals surface area contributed by atoms with Gasteiger partial charge >= 0.3 is 5.97 Å². The van der Waals surface area contributed by atoms with Crippen LogP contribution in [0, 0.1) is 0 Å². The molecule has 2 aromatic carbocycles. The second kappa shape index (κ2) is 9.94. The minimum atomic E-state index is -0.429. The number of benzene rings is 2. The highest BCUT2D eigenvalue weighted by Gasteiger charge is 2.16. The van der Waals surface area contributed by atoms with Crippen LogP contribution in [0.25, 0.3) is 0 Å². The van der Waals surface area contributed by atoms with E-state index in [1.54, 1.807) is 18.2 Å². The fourth-order valence-corrected chi connectivity index (χ4v) is 2.57. The standard InChI is InChI=1S/C20H23ClO4/c1-3-8-15-17(24-14-7-13-21)11-6-12-18(15)25-19-10-5-4-9-16(19)20(22)23-2/h4-6,9-12H,3,7-8,13-14H2,1-2H3. The van der Waals surface area contributed by atoms with Crippen LogP contribution in [0.2, 0.25) is 0 Å². The second-order valence-corrected chi connectivity index (χ2v) is 5.84. The number of ether oxygens (including phenoxy) is 3. The quantitative estimate of drug-likeness (QED) is 0.348. The van der Waals surface area contributed by atoms with Gasteiger partial charge in [-0.2, -0.15) is 0 Å². The van der Waals surface area contributed by atoms with Crippen LogP contribution in [-0.2, 0) is 11.2 Å². The zero-order valence-electron chi connectivity index (χ0n) is 14.6. The van der Waals surface area contributed by atoms with Crippen LogP contribution in [0.4, 0.5) is 0 Å². The highest BCUT2D eigenvalue weighted by Crippen LogP contribution is 2.34. The van der Waals surface area contributed by atoms with Gasteiger partial charge in [0.25, 0.3) is 0 Å². The Labute approximate surface area is 153 Å². The lowest BCUT2D eigenvalue weighted by molar-refractivity contribution is 0.0598. The van der Waals surface area contributed by atoms with E-state index in [0.717, 1.165) is 30.6 Å². The number of rotatable bonds is 9. The summed E-state index contributed by atoms with van der Waals surface area (Å²) in [7, 11) is 1.35. The highest BCUT2D eigenvalue weighted by molar-refractivity contribution is 6.17. The molecule has 0 spiro atoms. The number of para-hydroxylation sites is 1. The molecule has 134 valence electrons. The van der Waals surface area contributed by atoms with E-state index in [-0.39, 0.29) is 0 Å². The molecule has 0 saturated heterocycles. The van der Waals surface area contributed by atoms with Crippen LogP contribution in [-0.4, -0.2) is 25.6 Å². The number of hydrogen-bond donors (Lipinski definition) is 0. The Balaban J connectivity index is 2.33. The molecule has 0 bridgehead atoms. The largest absolute Gasteiger partial charge is 0.493 e. The summed E-state index contributed by atoms with van der Waals surface area (Å²) in [6, 6.07) is 12.7. The molecule has 0 saturated carbocycles. The molecule has 0 aliphatic carbocycles. The predicted octanol–water partition coefficient (Wildman–Crippen LogP) is 5.23. The van der Waals surface area contributed by atoms with Crippen LogP contribution in [0.5, 0.6) is 17.2 Å². The molecule has 2 aromatic rings. The lowest BCUT2D eigenvalue weighted by Gasteiger charge is -2.17. The maximum atomic E-state index is 11.9.